The normalized spacial score (nSPS) is 18.7. The summed E-state index contributed by atoms with van der Waals surface area (Å²) in [6.07, 6.45) is 5.28. The van der Waals surface area contributed by atoms with Gasteiger partial charge in [0.25, 0.3) is 0 Å². The third kappa shape index (κ3) is 4.58. The number of amides is 1. The van der Waals surface area contributed by atoms with Gasteiger partial charge in [-0.3, -0.25) is 0 Å². The van der Waals surface area contributed by atoms with Crippen molar-refractivity contribution in [3.63, 3.8) is 0 Å². The number of nitrogens with one attached hydrogen (secondary N) is 1. The fraction of sp³-hybridized carbons (Fsp3) is 0.667. The molecule has 21 heavy (non-hydrogen) atoms. The van der Waals surface area contributed by atoms with Crippen molar-refractivity contribution in [1.82, 2.24) is 14.9 Å². The summed E-state index contributed by atoms with van der Waals surface area (Å²) in [6.45, 7) is 8.99. The zero-order chi connectivity index (χ0) is 15.5. The number of likely N-dealkylation sites (tertiary alicyclic amines) is 1. The molecular weight excluding hydrogens is 268 g/mol. The molecule has 1 saturated heterocycles. The Morgan fingerprint density at radius 1 is 1.43 bits per heavy atom. The van der Waals surface area contributed by atoms with E-state index >= 15 is 0 Å². The number of nitrogens with zero attached hydrogens (tertiary/aromatic N) is 3. The molecule has 1 amide bonds. The van der Waals surface area contributed by atoms with E-state index in [0.29, 0.717) is 12.5 Å². The number of anilines is 1. The Morgan fingerprint density at radius 3 is 2.71 bits per heavy atom. The molecule has 116 valence electrons. The Hall–Kier alpha value is -1.85. The van der Waals surface area contributed by atoms with Crippen molar-refractivity contribution in [2.75, 3.05) is 18.4 Å². The maximum Gasteiger partial charge on any atom is 0.410 e. The van der Waals surface area contributed by atoms with Crippen LogP contribution in [0.15, 0.2) is 12.4 Å². The second kappa shape index (κ2) is 6.28. The van der Waals surface area contributed by atoms with Crippen LogP contribution in [-0.2, 0) is 4.74 Å². The molecule has 2 rings (SSSR count). The molecule has 0 unspecified atom stereocenters. The predicted molar refractivity (Wildman–Crippen MR) is 81.2 cm³/mol. The van der Waals surface area contributed by atoms with E-state index in [1.807, 2.05) is 27.7 Å². The summed E-state index contributed by atoms with van der Waals surface area (Å²) in [5, 5.41) is 3.19. The van der Waals surface area contributed by atoms with Gasteiger partial charge in [-0.05, 0) is 46.1 Å². The molecule has 0 aliphatic carbocycles. The molecule has 1 atom stereocenters. The summed E-state index contributed by atoms with van der Waals surface area (Å²) in [4.78, 5) is 22.4. The Balaban J connectivity index is 1.90. The molecule has 2 heterocycles. The molecule has 0 bridgehead atoms. The number of aryl methyl sites for hydroxylation is 1. The van der Waals surface area contributed by atoms with E-state index in [1.165, 1.54) is 0 Å². The van der Waals surface area contributed by atoms with Gasteiger partial charge in [0.1, 0.15) is 5.60 Å². The second-order valence-corrected chi connectivity index (χ2v) is 6.43. The van der Waals surface area contributed by atoms with Gasteiger partial charge in [-0.1, -0.05) is 0 Å². The summed E-state index contributed by atoms with van der Waals surface area (Å²) in [5.41, 5.74) is 0.564. The van der Waals surface area contributed by atoms with Crippen molar-refractivity contribution in [1.29, 1.82) is 0 Å². The van der Waals surface area contributed by atoms with Crippen molar-refractivity contribution < 1.29 is 9.53 Å². The van der Waals surface area contributed by atoms with Crippen molar-refractivity contribution in [3.8, 4) is 0 Å². The van der Waals surface area contributed by atoms with Crippen LogP contribution < -0.4 is 5.32 Å². The van der Waals surface area contributed by atoms with Crippen LogP contribution in [0.5, 0.6) is 0 Å². The predicted octanol–water partition coefficient (Wildman–Crippen LogP) is 2.60. The standard InChI is InChI=1S/C15H24N4O2/c1-11-8-16-13(17-9-11)18-10-12-6-5-7-19(12)14(20)21-15(2,3)4/h8-9,12H,5-7,10H2,1-4H3,(H,16,17,18)/t12-/m0/s1. The SMILES string of the molecule is Cc1cnc(NC[C@@H]2CCCN2C(=O)OC(C)(C)C)nc1. The maximum absolute atomic E-state index is 12.2. The highest BCUT2D eigenvalue weighted by Crippen LogP contribution is 2.21. The highest BCUT2D eigenvalue weighted by atomic mass is 16.6. The van der Waals surface area contributed by atoms with Crippen molar-refractivity contribution in [2.45, 2.75) is 52.2 Å². The van der Waals surface area contributed by atoms with Crippen LogP contribution in [0.4, 0.5) is 10.7 Å². The van der Waals surface area contributed by atoms with Crippen LogP contribution in [0.25, 0.3) is 0 Å². The Bertz CT molecular complexity index is 481. The first-order valence-corrected chi connectivity index (χ1v) is 7.37. The van der Waals surface area contributed by atoms with E-state index in [-0.39, 0.29) is 12.1 Å². The first-order chi connectivity index (χ1) is 9.85. The van der Waals surface area contributed by atoms with E-state index in [9.17, 15) is 4.79 Å². The van der Waals surface area contributed by atoms with Crippen molar-refractivity contribution in [3.05, 3.63) is 18.0 Å². The largest absolute Gasteiger partial charge is 0.444 e. The van der Waals surface area contributed by atoms with E-state index in [2.05, 4.69) is 15.3 Å². The molecule has 0 radical (unpaired) electrons. The Kier molecular flexibility index (Phi) is 4.65. The molecule has 0 spiro atoms. The summed E-state index contributed by atoms with van der Waals surface area (Å²) in [6, 6.07) is 0.129. The van der Waals surface area contributed by atoms with Gasteiger partial charge in [-0.2, -0.15) is 0 Å². The second-order valence-electron chi connectivity index (χ2n) is 6.43. The van der Waals surface area contributed by atoms with Gasteiger partial charge in [0.05, 0.1) is 6.04 Å². The lowest BCUT2D eigenvalue weighted by Crippen LogP contribution is -2.42. The number of carbonyl (C=O) groups is 1. The number of hydrogen-bond donors (Lipinski definition) is 1. The smallest absolute Gasteiger partial charge is 0.410 e. The summed E-state index contributed by atoms with van der Waals surface area (Å²) >= 11 is 0. The number of hydrogen-bond acceptors (Lipinski definition) is 5. The van der Waals surface area contributed by atoms with Crippen molar-refractivity contribution in [2.24, 2.45) is 0 Å². The van der Waals surface area contributed by atoms with E-state index < -0.39 is 5.60 Å². The van der Waals surface area contributed by atoms with Gasteiger partial charge in [0.2, 0.25) is 5.95 Å². The molecular formula is C15H24N4O2. The lowest BCUT2D eigenvalue weighted by Gasteiger charge is -2.28. The first kappa shape index (κ1) is 15.5. The minimum absolute atomic E-state index is 0.129. The molecule has 1 aliphatic heterocycles. The maximum atomic E-state index is 12.2. The van der Waals surface area contributed by atoms with Crippen LogP contribution in [0, 0.1) is 6.92 Å². The first-order valence-electron chi connectivity index (χ1n) is 7.37. The van der Waals surface area contributed by atoms with E-state index in [0.717, 1.165) is 24.9 Å². The minimum Gasteiger partial charge on any atom is -0.444 e. The van der Waals surface area contributed by atoms with Crippen LogP contribution in [0.3, 0.4) is 0 Å². The van der Waals surface area contributed by atoms with Gasteiger partial charge in [-0.25, -0.2) is 14.8 Å². The number of carbonyl (C=O) groups excluding carboxylic acids is 1. The van der Waals surface area contributed by atoms with Crippen LogP contribution >= 0.6 is 0 Å². The fourth-order valence-corrected chi connectivity index (χ4v) is 2.30. The molecule has 6 heteroatoms. The third-order valence-corrected chi connectivity index (χ3v) is 3.28. The summed E-state index contributed by atoms with van der Waals surface area (Å²) in [7, 11) is 0. The highest BCUT2D eigenvalue weighted by Gasteiger charge is 2.31. The molecule has 1 aliphatic rings. The molecule has 1 N–H and O–H groups in total. The average Bonchev–Trinajstić information content (AvgIpc) is 2.84. The van der Waals surface area contributed by atoms with Crippen LogP contribution in [-0.4, -0.2) is 45.7 Å². The molecule has 1 aromatic heterocycles. The van der Waals surface area contributed by atoms with Gasteiger partial charge < -0.3 is 15.0 Å². The average molecular weight is 292 g/mol. The van der Waals surface area contributed by atoms with Gasteiger partial charge in [0, 0.05) is 25.5 Å². The zero-order valence-corrected chi connectivity index (χ0v) is 13.2. The van der Waals surface area contributed by atoms with Crippen LogP contribution in [0.1, 0.15) is 39.2 Å². The minimum atomic E-state index is -0.461. The molecule has 0 aromatic carbocycles. The molecule has 6 nitrogen and oxygen atoms in total. The van der Waals surface area contributed by atoms with Gasteiger partial charge in [-0.15, -0.1) is 0 Å². The van der Waals surface area contributed by atoms with Crippen molar-refractivity contribution >= 4 is 12.0 Å². The Morgan fingerprint density at radius 2 is 2.10 bits per heavy atom. The monoisotopic (exact) mass is 292 g/mol. The quantitative estimate of drug-likeness (QED) is 0.927. The van der Waals surface area contributed by atoms with Gasteiger partial charge in [0.15, 0.2) is 0 Å². The molecule has 1 fully saturated rings. The van der Waals surface area contributed by atoms with Crippen LogP contribution in [0.2, 0.25) is 0 Å². The van der Waals surface area contributed by atoms with E-state index in [1.54, 1.807) is 17.3 Å². The highest BCUT2D eigenvalue weighted by molar-refractivity contribution is 5.69. The molecule has 0 saturated carbocycles. The number of rotatable bonds is 3. The number of ether oxygens (including phenoxy) is 1. The van der Waals surface area contributed by atoms with E-state index in [4.69, 9.17) is 4.74 Å². The molecule has 1 aromatic rings. The lowest BCUT2D eigenvalue weighted by molar-refractivity contribution is 0.0235. The topological polar surface area (TPSA) is 67.4 Å². The zero-order valence-electron chi connectivity index (χ0n) is 13.2. The Labute approximate surface area is 125 Å². The van der Waals surface area contributed by atoms with Gasteiger partial charge >= 0.3 is 6.09 Å². The lowest BCUT2D eigenvalue weighted by atomic mass is 10.2. The fourth-order valence-electron chi connectivity index (χ4n) is 2.30. The number of aromatic nitrogens is 2. The third-order valence-electron chi connectivity index (χ3n) is 3.28. The summed E-state index contributed by atoms with van der Waals surface area (Å²) < 4.78 is 5.45. The summed E-state index contributed by atoms with van der Waals surface area (Å²) in [5.74, 6) is 0.594.